The highest BCUT2D eigenvalue weighted by atomic mass is 19.4. The van der Waals surface area contributed by atoms with Gasteiger partial charge in [0.2, 0.25) is 0 Å². The lowest BCUT2D eigenvalue weighted by atomic mass is 10.1. The fraction of sp³-hybridized carbons (Fsp3) is 0.400. The Hall–Kier alpha value is -2.52. The molecule has 0 unspecified atom stereocenters. The minimum Gasteiger partial charge on any atom is -0.465 e. The van der Waals surface area contributed by atoms with Crippen LogP contribution >= 0.6 is 0 Å². The molecule has 5 nitrogen and oxygen atoms in total. The van der Waals surface area contributed by atoms with E-state index in [1.165, 1.54) is 30.3 Å². The molecular formula is C15H14F5N3O2. The normalized spacial score (nSPS) is 12.2. The lowest BCUT2D eigenvalue weighted by Crippen LogP contribution is -2.36. The second-order valence-electron chi connectivity index (χ2n) is 5.21. The summed E-state index contributed by atoms with van der Waals surface area (Å²) < 4.78 is 67.7. The third-order valence-corrected chi connectivity index (χ3v) is 3.39. The standard InChI is InChI=1S/C15H14F5N3O2/c1-25-13(24)11-5-3-10(4-6-11)12-21-9-23(22-12)8-2-7-14(16,17)15(18,19)20/h3-6,9H,2,7-8H2,1H3. The average molecular weight is 363 g/mol. The number of alkyl halides is 5. The number of methoxy groups -OCH3 is 1. The van der Waals surface area contributed by atoms with Gasteiger partial charge in [-0.05, 0) is 18.6 Å². The van der Waals surface area contributed by atoms with Crippen molar-refractivity contribution in [1.29, 1.82) is 0 Å². The molecule has 0 N–H and O–H groups in total. The van der Waals surface area contributed by atoms with Crippen LogP contribution in [0.1, 0.15) is 23.2 Å². The van der Waals surface area contributed by atoms with Crippen molar-refractivity contribution in [1.82, 2.24) is 14.8 Å². The van der Waals surface area contributed by atoms with Crippen LogP contribution in [-0.4, -0.2) is 39.9 Å². The number of hydrogen-bond acceptors (Lipinski definition) is 4. The van der Waals surface area contributed by atoms with Crippen molar-refractivity contribution in [2.75, 3.05) is 7.11 Å². The lowest BCUT2D eigenvalue weighted by molar-refractivity contribution is -0.284. The summed E-state index contributed by atoms with van der Waals surface area (Å²) >= 11 is 0. The Bertz CT molecular complexity index is 726. The third kappa shape index (κ3) is 4.52. The number of rotatable bonds is 6. The molecule has 2 aromatic rings. The Kier molecular flexibility index (Phi) is 5.39. The number of carbonyl (C=O) groups excluding carboxylic acids is 1. The van der Waals surface area contributed by atoms with Crippen molar-refractivity contribution in [3.05, 3.63) is 36.2 Å². The number of halogens is 5. The number of ether oxygens (including phenoxy) is 1. The van der Waals surface area contributed by atoms with Gasteiger partial charge in [-0.3, -0.25) is 4.68 Å². The Labute approximate surface area is 139 Å². The topological polar surface area (TPSA) is 57.0 Å². The second-order valence-corrected chi connectivity index (χ2v) is 5.21. The lowest BCUT2D eigenvalue weighted by Gasteiger charge is -2.19. The number of benzene rings is 1. The molecule has 1 aromatic heterocycles. The van der Waals surface area contributed by atoms with E-state index in [0.717, 1.165) is 0 Å². The first-order valence-electron chi connectivity index (χ1n) is 7.17. The summed E-state index contributed by atoms with van der Waals surface area (Å²) in [4.78, 5) is 15.3. The first-order chi connectivity index (χ1) is 11.6. The molecule has 1 aromatic carbocycles. The molecule has 0 aliphatic heterocycles. The van der Waals surface area contributed by atoms with Gasteiger partial charge in [0.25, 0.3) is 0 Å². The number of aromatic nitrogens is 3. The van der Waals surface area contributed by atoms with Gasteiger partial charge in [0, 0.05) is 18.5 Å². The van der Waals surface area contributed by atoms with Crippen LogP contribution < -0.4 is 0 Å². The molecule has 0 aliphatic rings. The zero-order valence-corrected chi connectivity index (χ0v) is 13.1. The smallest absolute Gasteiger partial charge is 0.453 e. The highest BCUT2D eigenvalue weighted by Crippen LogP contribution is 2.38. The van der Waals surface area contributed by atoms with Crippen LogP contribution in [-0.2, 0) is 11.3 Å². The summed E-state index contributed by atoms with van der Waals surface area (Å²) in [5.74, 6) is -4.96. The Morgan fingerprint density at radius 1 is 1.16 bits per heavy atom. The van der Waals surface area contributed by atoms with Crippen molar-refractivity contribution in [3.8, 4) is 11.4 Å². The van der Waals surface area contributed by atoms with Gasteiger partial charge < -0.3 is 4.74 Å². The molecule has 0 saturated heterocycles. The van der Waals surface area contributed by atoms with E-state index in [1.807, 2.05) is 0 Å². The zero-order valence-electron chi connectivity index (χ0n) is 13.1. The molecule has 0 saturated carbocycles. The van der Waals surface area contributed by atoms with E-state index in [-0.39, 0.29) is 12.4 Å². The summed E-state index contributed by atoms with van der Waals surface area (Å²) in [6.45, 7) is -0.126. The van der Waals surface area contributed by atoms with Crippen LogP contribution in [0.15, 0.2) is 30.6 Å². The number of nitrogens with zero attached hydrogens (tertiary/aromatic N) is 3. The van der Waals surface area contributed by atoms with Crippen LogP contribution in [0.5, 0.6) is 0 Å². The zero-order chi connectivity index (χ0) is 18.7. The molecule has 10 heteroatoms. The second kappa shape index (κ2) is 7.16. The molecule has 0 amide bonds. The van der Waals surface area contributed by atoms with Gasteiger partial charge in [-0.2, -0.15) is 27.1 Å². The summed E-state index contributed by atoms with van der Waals surface area (Å²) in [5.41, 5.74) is 0.895. The number of carbonyl (C=O) groups is 1. The molecule has 0 fully saturated rings. The fourth-order valence-corrected chi connectivity index (χ4v) is 2.01. The fourth-order valence-electron chi connectivity index (χ4n) is 2.01. The molecule has 0 aliphatic carbocycles. The Morgan fingerprint density at radius 3 is 2.36 bits per heavy atom. The number of aryl methyl sites for hydroxylation is 1. The highest BCUT2D eigenvalue weighted by Gasteiger charge is 2.56. The van der Waals surface area contributed by atoms with Gasteiger partial charge in [-0.15, -0.1) is 0 Å². The average Bonchev–Trinajstić information content (AvgIpc) is 3.02. The van der Waals surface area contributed by atoms with Gasteiger partial charge in [0.15, 0.2) is 5.82 Å². The van der Waals surface area contributed by atoms with Gasteiger partial charge >= 0.3 is 18.1 Å². The molecule has 0 radical (unpaired) electrons. The van der Waals surface area contributed by atoms with Gasteiger partial charge in [0.1, 0.15) is 6.33 Å². The van der Waals surface area contributed by atoms with Gasteiger partial charge in [-0.1, -0.05) is 12.1 Å². The molecule has 0 spiro atoms. The van der Waals surface area contributed by atoms with E-state index in [2.05, 4.69) is 14.8 Å². The van der Waals surface area contributed by atoms with E-state index in [1.54, 1.807) is 12.1 Å². The van der Waals surface area contributed by atoms with E-state index in [4.69, 9.17) is 0 Å². The summed E-state index contributed by atoms with van der Waals surface area (Å²) in [7, 11) is 1.25. The van der Waals surface area contributed by atoms with Crippen molar-refractivity contribution in [3.63, 3.8) is 0 Å². The number of esters is 1. The van der Waals surface area contributed by atoms with Crippen LogP contribution in [0.4, 0.5) is 22.0 Å². The molecule has 136 valence electrons. The SMILES string of the molecule is COC(=O)c1ccc(-c2ncn(CCCC(F)(F)C(F)(F)F)n2)cc1. The van der Waals surface area contributed by atoms with Crippen molar-refractivity contribution in [2.24, 2.45) is 0 Å². The predicted molar refractivity (Wildman–Crippen MR) is 77.0 cm³/mol. The molecule has 1 heterocycles. The summed E-state index contributed by atoms with van der Waals surface area (Å²) in [6.07, 6.45) is -6.03. The van der Waals surface area contributed by atoms with Crippen molar-refractivity contribution >= 4 is 5.97 Å². The van der Waals surface area contributed by atoms with Crippen LogP contribution in [0, 0.1) is 0 Å². The minimum absolute atomic E-state index is 0.126. The Morgan fingerprint density at radius 2 is 1.80 bits per heavy atom. The maximum Gasteiger partial charge on any atom is 0.453 e. The monoisotopic (exact) mass is 363 g/mol. The van der Waals surface area contributed by atoms with Crippen LogP contribution in [0.3, 0.4) is 0 Å². The van der Waals surface area contributed by atoms with Crippen molar-refractivity contribution < 1.29 is 31.5 Å². The molecule has 0 atom stereocenters. The predicted octanol–water partition coefficient (Wildman–Crippen LogP) is 3.71. The molecular weight excluding hydrogens is 349 g/mol. The third-order valence-electron chi connectivity index (χ3n) is 3.39. The largest absolute Gasteiger partial charge is 0.465 e. The summed E-state index contributed by atoms with van der Waals surface area (Å²) in [6, 6.07) is 6.16. The summed E-state index contributed by atoms with van der Waals surface area (Å²) in [5, 5.41) is 4.02. The van der Waals surface area contributed by atoms with Crippen molar-refractivity contribution in [2.45, 2.75) is 31.5 Å². The van der Waals surface area contributed by atoms with E-state index in [0.29, 0.717) is 11.1 Å². The maximum absolute atomic E-state index is 12.8. The van der Waals surface area contributed by atoms with Gasteiger partial charge in [-0.25, -0.2) is 9.78 Å². The van der Waals surface area contributed by atoms with Crippen LogP contribution in [0.2, 0.25) is 0 Å². The molecule has 0 bridgehead atoms. The Balaban J connectivity index is 1.97. The van der Waals surface area contributed by atoms with Crippen LogP contribution in [0.25, 0.3) is 11.4 Å². The van der Waals surface area contributed by atoms with E-state index in [9.17, 15) is 26.7 Å². The highest BCUT2D eigenvalue weighted by molar-refractivity contribution is 5.89. The first-order valence-corrected chi connectivity index (χ1v) is 7.17. The first kappa shape index (κ1) is 18.8. The molecule has 25 heavy (non-hydrogen) atoms. The maximum atomic E-state index is 12.8. The van der Waals surface area contributed by atoms with Gasteiger partial charge in [0.05, 0.1) is 12.7 Å². The van der Waals surface area contributed by atoms with E-state index < -0.39 is 30.9 Å². The molecule has 2 rings (SSSR count). The quantitative estimate of drug-likeness (QED) is 0.580. The number of hydrogen-bond donors (Lipinski definition) is 0. The minimum atomic E-state index is -5.55. The van der Waals surface area contributed by atoms with E-state index >= 15 is 0 Å².